The Morgan fingerprint density at radius 1 is 0.366 bits per heavy atom. The van der Waals surface area contributed by atoms with Crippen LogP contribution in [0.5, 0.6) is 0 Å². The first-order valence-corrected chi connectivity index (χ1v) is 13.9. The van der Waals surface area contributed by atoms with E-state index < -0.39 is 0 Å². The fraction of sp³-hybridized carbons (Fsp3) is 0. The van der Waals surface area contributed by atoms with Crippen LogP contribution in [0.3, 0.4) is 0 Å². The smallest absolute Gasteiger partial charge is 0.164 e. The summed E-state index contributed by atoms with van der Waals surface area (Å²) in [4.78, 5) is 15.1. The van der Waals surface area contributed by atoms with Gasteiger partial charge in [-0.15, -0.1) is 0 Å². The maximum absolute atomic E-state index is 6.64. The van der Waals surface area contributed by atoms with Crippen LogP contribution in [0, 0.1) is 0 Å². The van der Waals surface area contributed by atoms with Gasteiger partial charge in [0.2, 0.25) is 0 Å². The molecule has 0 saturated heterocycles. The van der Waals surface area contributed by atoms with Gasteiger partial charge in [-0.2, -0.15) is 0 Å². The van der Waals surface area contributed by atoms with Gasteiger partial charge < -0.3 is 0 Å². The molecule has 7 aromatic rings. The third-order valence-electron chi connectivity index (χ3n) is 7.18. The Labute approximate surface area is 243 Å². The zero-order chi connectivity index (χ0) is 27.6. The molecule has 1 aromatic heterocycles. The summed E-state index contributed by atoms with van der Waals surface area (Å²) in [6, 6.07) is 49.3. The van der Waals surface area contributed by atoms with Gasteiger partial charge in [-0.3, -0.25) is 0 Å². The predicted molar refractivity (Wildman–Crippen MR) is 170 cm³/mol. The Kier molecular flexibility index (Phi) is 6.56. The topological polar surface area (TPSA) is 38.7 Å². The summed E-state index contributed by atoms with van der Waals surface area (Å²) in [6.45, 7) is 0. The quantitative estimate of drug-likeness (QED) is 0.216. The highest BCUT2D eigenvalue weighted by atomic mass is 35.5. The summed E-state index contributed by atoms with van der Waals surface area (Å²) in [6.07, 6.45) is 0. The molecule has 3 nitrogen and oxygen atoms in total. The van der Waals surface area contributed by atoms with Crippen LogP contribution in [-0.2, 0) is 0 Å². The number of benzene rings is 6. The molecule has 0 aliphatic carbocycles. The molecule has 4 heteroatoms. The Balaban J connectivity index is 1.47. The van der Waals surface area contributed by atoms with Gasteiger partial charge >= 0.3 is 0 Å². The minimum Gasteiger partial charge on any atom is -0.208 e. The van der Waals surface area contributed by atoms with Crippen LogP contribution in [0.15, 0.2) is 146 Å². The lowest BCUT2D eigenvalue weighted by molar-refractivity contribution is 1.08. The molecule has 0 aliphatic rings. The second kappa shape index (κ2) is 10.8. The van der Waals surface area contributed by atoms with Crippen LogP contribution < -0.4 is 0 Å². The van der Waals surface area contributed by atoms with Crippen molar-refractivity contribution < 1.29 is 0 Å². The van der Waals surface area contributed by atoms with Gasteiger partial charge in [-0.1, -0.05) is 133 Å². The van der Waals surface area contributed by atoms with E-state index in [2.05, 4.69) is 60.7 Å². The lowest BCUT2D eigenvalue weighted by Crippen LogP contribution is -2.01. The number of rotatable bonds is 5. The van der Waals surface area contributed by atoms with Crippen molar-refractivity contribution in [2.45, 2.75) is 0 Å². The standard InChI is InChI=1S/C37H24ClN3/c38-34-21-10-9-20-32(34)30-23-28-16-7-8-19-31(28)33(24-30)37-40-35(26-14-5-2-6-15-26)39-36(41-37)29-18-11-17-27(22-29)25-12-3-1-4-13-25/h1-24H. The van der Waals surface area contributed by atoms with Crippen LogP contribution >= 0.6 is 11.6 Å². The number of aromatic nitrogens is 3. The highest BCUT2D eigenvalue weighted by molar-refractivity contribution is 6.33. The normalized spacial score (nSPS) is 11.0. The average molecular weight is 546 g/mol. The van der Waals surface area contributed by atoms with Crippen molar-refractivity contribution in [1.82, 2.24) is 15.0 Å². The predicted octanol–water partition coefficient (Wildman–Crippen LogP) is 10.0. The van der Waals surface area contributed by atoms with E-state index in [9.17, 15) is 0 Å². The Bertz CT molecular complexity index is 2000. The van der Waals surface area contributed by atoms with Crippen LogP contribution in [0.25, 0.3) is 67.2 Å². The Hall–Kier alpha value is -5.12. The lowest BCUT2D eigenvalue weighted by atomic mass is 9.96. The molecule has 0 bridgehead atoms. The SMILES string of the molecule is Clc1ccccc1-c1cc(-c2nc(-c3ccccc3)nc(-c3cccc(-c4ccccc4)c3)n2)c2ccccc2c1. The van der Waals surface area contributed by atoms with E-state index in [0.29, 0.717) is 22.5 Å². The van der Waals surface area contributed by atoms with Gasteiger partial charge in [0.05, 0.1) is 0 Å². The number of hydrogen-bond donors (Lipinski definition) is 0. The molecule has 0 saturated carbocycles. The van der Waals surface area contributed by atoms with Crippen molar-refractivity contribution >= 4 is 22.4 Å². The molecule has 0 atom stereocenters. The summed E-state index contributed by atoms with van der Waals surface area (Å²) in [5.41, 5.74) is 7.02. The minimum absolute atomic E-state index is 0.615. The van der Waals surface area contributed by atoms with Crippen molar-refractivity contribution in [2.24, 2.45) is 0 Å². The molecular weight excluding hydrogens is 522 g/mol. The molecule has 0 unspecified atom stereocenters. The van der Waals surface area contributed by atoms with Crippen molar-refractivity contribution in [3.63, 3.8) is 0 Å². The number of nitrogens with zero attached hydrogens (tertiary/aromatic N) is 3. The summed E-state index contributed by atoms with van der Waals surface area (Å²) >= 11 is 6.64. The lowest BCUT2D eigenvalue weighted by Gasteiger charge is -2.13. The van der Waals surface area contributed by atoms with E-state index >= 15 is 0 Å². The molecule has 7 rings (SSSR count). The minimum atomic E-state index is 0.615. The summed E-state index contributed by atoms with van der Waals surface area (Å²) < 4.78 is 0. The zero-order valence-corrected chi connectivity index (χ0v) is 22.8. The van der Waals surface area contributed by atoms with Gasteiger partial charge in [0.15, 0.2) is 17.5 Å². The zero-order valence-electron chi connectivity index (χ0n) is 22.1. The molecule has 0 spiro atoms. The third kappa shape index (κ3) is 5.00. The van der Waals surface area contributed by atoms with Crippen LogP contribution in [0.4, 0.5) is 0 Å². The fourth-order valence-corrected chi connectivity index (χ4v) is 5.40. The van der Waals surface area contributed by atoms with Gasteiger partial charge in [-0.05, 0) is 51.7 Å². The van der Waals surface area contributed by atoms with E-state index in [-0.39, 0.29) is 0 Å². The van der Waals surface area contributed by atoms with Crippen molar-refractivity contribution in [2.75, 3.05) is 0 Å². The monoisotopic (exact) mass is 545 g/mol. The molecule has 0 N–H and O–H groups in total. The fourth-order valence-electron chi connectivity index (χ4n) is 5.16. The van der Waals surface area contributed by atoms with E-state index in [1.807, 2.05) is 84.9 Å². The van der Waals surface area contributed by atoms with Crippen molar-refractivity contribution in [1.29, 1.82) is 0 Å². The van der Waals surface area contributed by atoms with E-state index in [1.165, 1.54) is 0 Å². The first kappa shape index (κ1) is 24.9. The van der Waals surface area contributed by atoms with E-state index in [0.717, 1.165) is 49.7 Å². The molecule has 0 radical (unpaired) electrons. The van der Waals surface area contributed by atoms with Crippen LogP contribution in [0.1, 0.15) is 0 Å². The van der Waals surface area contributed by atoms with E-state index in [1.54, 1.807) is 0 Å². The molecule has 0 amide bonds. The average Bonchev–Trinajstić information content (AvgIpc) is 3.05. The third-order valence-corrected chi connectivity index (χ3v) is 7.51. The Morgan fingerprint density at radius 2 is 0.951 bits per heavy atom. The van der Waals surface area contributed by atoms with Crippen LogP contribution in [0.2, 0.25) is 5.02 Å². The summed E-state index contributed by atoms with van der Waals surface area (Å²) in [7, 11) is 0. The molecule has 41 heavy (non-hydrogen) atoms. The molecule has 0 fully saturated rings. The summed E-state index contributed by atoms with van der Waals surface area (Å²) in [5, 5.41) is 2.86. The first-order valence-electron chi connectivity index (χ1n) is 13.5. The summed E-state index contributed by atoms with van der Waals surface area (Å²) in [5.74, 6) is 1.87. The van der Waals surface area contributed by atoms with Crippen LogP contribution in [-0.4, -0.2) is 15.0 Å². The molecule has 6 aromatic carbocycles. The highest BCUT2D eigenvalue weighted by Crippen LogP contribution is 2.36. The number of fused-ring (bicyclic) bond motifs is 1. The first-order chi connectivity index (χ1) is 20.2. The largest absolute Gasteiger partial charge is 0.208 e. The molecule has 194 valence electrons. The Morgan fingerprint density at radius 3 is 1.73 bits per heavy atom. The molecule has 0 aliphatic heterocycles. The molecule has 1 heterocycles. The van der Waals surface area contributed by atoms with Gasteiger partial charge in [0, 0.05) is 27.3 Å². The van der Waals surface area contributed by atoms with E-state index in [4.69, 9.17) is 26.6 Å². The van der Waals surface area contributed by atoms with Gasteiger partial charge in [-0.25, -0.2) is 15.0 Å². The number of halogens is 1. The highest BCUT2D eigenvalue weighted by Gasteiger charge is 2.16. The van der Waals surface area contributed by atoms with Crippen molar-refractivity contribution in [3.8, 4) is 56.4 Å². The van der Waals surface area contributed by atoms with Crippen molar-refractivity contribution in [3.05, 3.63) is 151 Å². The van der Waals surface area contributed by atoms with Gasteiger partial charge in [0.25, 0.3) is 0 Å². The van der Waals surface area contributed by atoms with Gasteiger partial charge in [0.1, 0.15) is 0 Å². The maximum Gasteiger partial charge on any atom is 0.164 e. The second-order valence-corrected chi connectivity index (χ2v) is 10.3. The second-order valence-electron chi connectivity index (χ2n) is 9.84. The molecular formula is C37H24ClN3. The maximum atomic E-state index is 6.64. The number of hydrogen-bond acceptors (Lipinski definition) is 3.